The van der Waals surface area contributed by atoms with E-state index >= 15 is 0 Å². The molecule has 90 valence electrons. The highest BCUT2D eigenvalue weighted by molar-refractivity contribution is 7.22. The van der Waals surface area contributed by atoms with Crippen LogP contribution in [0.25, 0.3) is 10.2 Å². The average molecular weight is 249 g/mol. The van der Waals surface area contributed by atoms with Crippen molar-refractivity contribution in [2.24, 2.45) is 5.92 Å². The summed E-state index contributed by atoms with van der Waals surface area (Å²) in [6, 6.07) is 5.70. The lowest BCUT2D eigenvalue weighted by Gasteiger charge is -2.08. The number of nitrogen functional groups attached to an aromatic ring is 1. The number of fused-ring (bicyclic) bond motifs is 1. The van der Waals surface area contributed by atoms with Crippen LogP contribution in [0.5, 0.6) is 0 Å². The second kappa shape index (κ2) is 4.16. The van der Waals surface area contributed by atoms with Gasteiger partial charge in [0.1, 0.15) is 0 Å². The van der Waals surface area contributed by atoms with E-state index in [4.69, 9.17) is 5.73 Å². The van der Waals surface area contributed by atoms with Gasteiger partial charge in [0.2, 0.25) is 0 Å². The molecule has 1 aliphatic rings. The Kier molecular flexibility index (Phi) is 2.64. The van der Waals surface area contributed by atoms with Crippen LogP contribution in [0.4, 0.5) is 10.8 Å². The smallest absolute Gasteiger partial charge is 0.183 e. The van der Waals surface area contributed by atoms with Crippen molar-refractivity contribution in [2.75, 3.05) is 17.6 Å². The van der Waals surface area contributed by atoms with Gasteiger partial charge in [-0.15, -0.1) is 0 Å². The van der Waals surface area contributed by atoms with Crippen molar-refractivity contribution < 1.29 is 5.11 Å². The van der Waals surface area contributed by atoms with E-state index in [0.29, 0.717) is 12.5 Å². The number of aliphatic hydroxyl groups excluding tert-OH is 1. The molecule has 0 radical (unpaired) electrons. The molecule has 4 nitrogen and oxygen atoms in total. The number of thiazole rings is 1. The number of aromatic nitrogens is 1. The zero-order valence-corrected chi connectivity index (χ0v) is 10.2. The topological polar surface area (TPSA) is 71.2 Å². The van der Waals surface area contributed by atoms with Crippen molar-refractivity contribution in [3.63, 3.8) is 0 Å². The molecule has 1 saturated carbocycles. The first-order chi connectivity index (χ1) is 8.22. The molecule has 3 rings (SSSR count). The standard InChI is InChI=1S/C12H15N3OS/c13-8-3-4-9-11(5-8)17-12(15-9)14-6-10(16)7-1-2-7/h3-5,7,10,16H,1-2,6,13H2,(H,14,15). The number of rotatable bonds is 4. The van der Waals surface area contributed by atoms with Gasteiger partial charge in [0.05, 0.1) is 16.3 Å². The zero-order chi connectivity index (χ0) is 11.8. The lowest BCUT2D eigenvalue weighted by atomic mass is 10.2. The molecule has 5 heteroatoms. The molecule has 0 spiro atoms. The van der Waals surface area contributed by atoms with Gasteiger partial charge in [-0.1, -0.05) is 11.3 Å². The van der Waals surface area contributed by atoms with Crippen LogP contribution in [0.2, 0.25) is 0 Å². The van der Waals surface area contributed by atoms with Gasteiger partial charge in [-0.2, -0.15) is 0 Å². The van der Waals surface area contributed by atoms with Gasteiger partial charge >= 0.3 is 0 Å². The summed E-state index contributed by atoms with van der Waals surface area (Å²) < 4.78 is 1.08. The van der Waals surface area contributed by atoms with E-state index < -0.39 is 0 Å². The monoisotopic (exact) mass is 249 g/mol. The van der Waals surface area contributed by atoms with E-state index in [1.165, 1.54) is 0 Å². The van der Waals surface area contributed by atoms with Crippen molar-refractivity contribution in [3.8, 4) is 0 Å². The van der Waals surface area contributed by atoms with Gasteiger partial charge in [-0.25, -0.2) is 4.98 Å². The average Bonchev–Trinajstić information content (AvgIpc) is 3.07. The van der Waals surface area contributed by atoms with Crippen LogP contribution < -0.4 is 11.1 Å². The van der Waals surface area contributed by atoms with Gasteiger partial charge in [-0.3, -0.25) is 0 Å². The van der Waals surface area contributed by atoms with Crippen molar-refractivity contribution in [3.05, 3.63) is 18.2 Å². The van der Waals surface area contributed by atoms with Crippen LogP contribution in [-0.4, -0.2) is 22.7 Å². The Hall–Kier alpha value is -1.33. The SMILES string of the molecule is Nc1ccc2nc(NCC(O)C3CC3)sc2c1. The Labute approximate surface area is 103 Å². The second-order valence-corrected chi connectivity index (χ2v) is 5.56. The van der Waals surface area contributed by atoms with Crippen molar-refractivity contribution in [1.29, 1.82) is 0 Å². The van der Waals surface area contributed by atoms with Gasteiger partial charge in [0.15, 0.2) is 5.13 Å². The number of anilines is 2. The first-order valence-electron chi connectivity index (χ1n) is 5.80. The number of nitrogens with two attached hydrogens (primary N) is 1. The van der Waals surface area contributed by atoms with E-state index in [9.17, 15) is 5.11 Å². The zero-order valence-electron chi connectivity index (χ0n) is 9.39. The molecule has 1 unspecified atom stereocenters. The normalized spacial score (nSPS) is 17.2. The number of hydrogen-bond donors (Lipinski definition) is 3. The summed E-state index contributed by atoms with van der Waals surface area (Å²) in [6.45, 7) is 0.583. The lowest BCUT2D eigenvalue weighted by molar-refractivity contribution is 0.164. The lowest BCUT2D eigenvalue weighted by Crippen LogP contribution is -2.21. The molecule has 4 N–H and O–H groups in total. The highest BCUT2D eigenvalue weighted by Gasteiger charge is 2.29. The summed E-state index contributed by atoms with van der Waals surface area (Å²) >= 11 is 1.57. The summed E-state index contributed by atoms with van der Waals surface area (Å²) in [7, 11) is 0. The highest BCUT2D eigenvalue weighted by Crippen LogP contribution is 2.33. The van der Waals surface area contributed by atoms with Crippen LogP contribution in [0.15, 0.2) is 18.2 Å². The quantitative estimate of drug-likeness (QED) is 0.725. The fourth-order valence-electron chi connectivity index (χ4n) is 1.86. The molecular formula is C12H15N3OS. The molecule has 1 aromatic carbocycles. The molecular weight excluding hydrogens is 234 g/mol. The maximum atomic E-state index is 9.76. The fraction of sp³-hybridized carbons (Fsp3) is 0.417. The number of hydrogen-bond acceptors (Lipinski definition) is 5. The molecule has 0 amide bonds. The first-order valence-corrected chi connectivity index (χ1v) is 6.62. The molecule has 1 fully saturated rings. The number of nitrogens with zero attached hydrogens (tertiary/aromatic N) is 1. The Morgan fingerprint density at radius 1 is 1.53 bits per heavy atom. The van der Waals surface area contributed by atoms with Gasteiger partial charge in [0.25, 0.3) is 0 Å². The fourth-order valence-corrected chi connectivity index (χ4v) is 2.78. The number of aliphatic hydroxyl groups is 1. The molecule has 1 aliphatic carbocycles. The molecule has 2 aromatic rings. The molecule has 1 aromatic heterocycles. The van der Waals surface area contributed by atoms with E-state index in [-0.39, 0.29) is 6.10 Å². The van der Waals surface area contributed by atoms with Gasteiger partial charge < -0.3 is 16.2 Å². The Morgan fingerprint density at radius 2 is 2.35 bits per heavy atom. The van der Waals surface area contributed by atoms with E-state index in [2.05, 4.69) is 10.3 Å². The summed E-state index contributed by atoms with van der Waals surface area (Å²) in [6.07, 6.45) is 2.06. The molecule has 0 bridgehead atoms. The first kappa shape index (κ1) is 10.8. The number of nitrogens with one attached hydrogen (secondary N) is 1. The van der Waals surface area contributed by atoms with Crippen LogP contribution >= 0.6 is 11.3 Å². The van der Waals surface area contributed by atoms with E-state index in [1.807, 2.05) is 18.2 Å². The molecule has 1 atom stereocenters. The number of benzene rings is 1. The maximum Gasteiger partial charge on any atom is 0.183 e. The third-order valence-corrected chi connectivity index (χ3v) is 4.02. The van der Waals surface area contributed by atoms with Crippen molar-refractivity contribution in [2.45, 2.75) is 18.9 Å². The Bertz CT molecular complexity index is 536. The van der Waals surface area contributed by atoms with Crippen LogP contribution in [0.3, 0.4) is 0 Å². The Morgan fingerprint density at radius 3 is 3.12 bits per heavy atom. The predicted molar refractivity (Wildman–Crippen MR) is 71.3 cm³/mol. The Balaban J connectivity index is 1.72. The van der Waals surface area contributed by atoms with Gasteiger partial charge in [0, 0.05) is 12.2 Å². The second-order valence-electron chi connectivity index (χ2n) is 4.53. The van der Waals surface area contributed by atoms with Crippen LogP contribution in [0.1, 0.15) is 12.8 Å². The van der Waals surface area contributed by atoms with Crippen LogP contribution in [-0.2, 0) is 0 Å². The molecule has 0 saturated heterocycles. The summed E-state index contributed by atoms with van der Waals surface area (Å²) in [5.74, 6) is 0.493. The summed E-state index contributed by atoms with van der Waals surface area (Å²) in [5, 5.41) is 13.8. The van der Waals surface area contributed by atoms with Gasteiger partial charge in [-0.05, 0) is 37.0 Å². The molecule has 1 heterocycles. The minimum atomic E-state index is -0.243. The minimum Gasteiger partial charge on any atom is -0.399 e. The van der Waals surface area contributed by atoms with E-state index in [0.717, 1.165) is 33.9 Å². The molecule has 0 aliphatic heterocycles. The van der Waals surface area contributed by atoms with Crippen molar-refractivity contribution in [1.82, 2.24) is 4.98 Å². The summed E-state index contributed by atoms with van der Waals surface area (Å²) in [5.41, 5.74) is 7.43. The predicted octanol–water partition coefficient (Wildman–Crippen LogP) is 2.06. The summed E-state index contributed by atoms with van der Waals surface area (Å²) in [4.78, 5) is 4.45. The van der Waals surface area contributed by atoms with Crippen LogP contribution in [0, 0.1) is 5.92 Å². The maximum absolute atomic E-state index is 9.76. The minimum absolute atomic E-state index is 0.243. The van der Waals surface area contributed by atoms with Crippen molar-refractivity contribution >= 4 is 32.4 Å². The van der Waals surface area contributed by atoms with E-state index in [1.54, 1.807) is 11.3 Å². The third-order valence-electron chi connectivity index (χ3n) is 3.04. The highest BCUT2D eigenvalue weighted by atomic mass is 32.1. The molecule has 17 heavy (non-hydrogen) atoms. The third kappa shape index (κ3) is 2.35. The largest absolute Gasteiger partial charge is 0.399 e.